The molecular weight excluding hydrogens is 288 g/mol. The van der Waals surface area contributed by atoms with Crippen LogP contribution in [0.5, 0.6) is 0 Å². The molecule has 4 heteroatoms. The van der Waals surface area contributed by atoms with Crippen molar-refractivity contribution in [2.24, 2.45) is 5.92 Å². The smallest absolute Gasteiger partial charge is 0.133 e. The molecule has 0 N–H and O–H groups in total. The SMILES string of the molecule is ClCc1cc(Br)cnc1N1CC2CCC1C2. The first kappa shape index (κ1) is 10.8. The number of alkyl halides is 1. The Morgan fingerprint density at radius 1 is 1.50 bits per heavy atom. The van der Waals surface area contributed by atoms with E-state index in [1.807, 2.05) is 6.20 Å². The van der Waals surface area contributed by atoms with Crippen molar-refractivity contribution in [2.75, 3.05) is 11.4 Å². The number of halogens is 2. The standard InChI is InChI=1S/C12H14BrClN2/c13-10-4-9(5-14)12(15-6-10)16-7-8-1-2-11(16)3-8/h4,6,8,11H,1-3,5,7H2. The van der Waals surface area contributed by atoms with Crippen LogP contribution in [0.2, 0.25) is 0 Å². The van der Waals surface area contributed by atoms with Crippen molar-refractivity contribution in [2.45, 2.75) is 31.2 Å². The first-order valence-corrected chi connectivity index (χ1v) is 7.07. The van der Waals surface area contributed by atoms with Gasteiger partial charge in [-0.05, 0) is 47.2 Å². The summed E-state index contributed by atoms with van der Waals surface area (Å²) in [6.45, 7) is 1.17. The van der Waals surface area contributed by atoms with Crippen molar-refractivity contribution in [1.29, 1.82) is 0 Å². The van der Waals surface area contributed by atoms with E-state index in [2.05, 4.69) is 31.9 Å². The topological polar surface area (TPSA) is 16.1 Å². The fourth-order valence-electron chi connectivity index (χ4n) is 3.02. The molecule has 1 aromatic heterocycles. The van der Waals surface area contributed by atoms with Gasteiger partial charge in [0.15, 0.2) is 0 Å². The lowest BCUT2D eigenvalue weighted by Gasteiger charge is -2.29. The molecule has 1 aromatic rings. The molecule has 2 fully saturated rings. The summed E-state index contributed by atoms with van der Waals surface area (Å²) in [7, 11) is 0. The van der Waals surface area contributed by atoms with E-state index in [4.69, 9.17) is 11.6 Å². The molecule has 16 heavy (non-hydrogen) atoms. The molecule has 2 heterocycles. The maximum atomic E-state index is 6.00. The normalized spacial score (nSPS) is 27.8. The van der Waals surface area contributed by atoms with Gasteiger partial charge in [0, 0.05) is 28.8 Å². The van der Waals surface area contributed by atoms with Gasteiger partial charge >= 0.3 is 0 Å². The van der Waals surface area contributed by atoms with Crippen molar-refractivity contribution in [3.63, 3.8) is 0 Å². The molecule has 2 unspecified atom stereocenters. The molecule has 0 radical (unpaired) electrons. The average molecular weight is 302 g/mol. The number of rotatable bonds is 2. The predicted molar refractivity (Wildman–Crippen MR) is 70.0 cm³/mol. The van der Waals surface area contributed by atoms with Gasteiger partial charge in [-0.1, -0.05) is 0 Å². The lowest BCUT2D eigenvalue weighted by atomic mass is 10.1. The Morgan fingerprint density at radius 3 is 3.00 bits per heavy atom. The molecule has 2 atom stereocenters. The minimum atomic E-state index is 0.537. The quantitative estimate of drug-likeness (QED) is 0.776. The van der Waals surface area contributed by atoms with Crippen LogP contribution in [0.4, 0.5) is 5.82 Å². The van der Waals surface area contributed by atoms with E-state index in [-0.39, 0.29) is 0 Å². The molecule has 2 nitrogen and oxygen atoms in total. The molecule has 86 valence electrons. The second-order valence-electron chi connectivity index (χ2n) is 4.76. The summed E-state index contributed by atoms with van der Waals surface area (Å²) in [5.41, 5.74) is 1.14. The first-order chi connectivity index (χ1) is 7.78. The van der Waals surface area contributed by atoms with Gasteiger partial charge in [0.25, 0.3) is 0 Å². The molecule has 0 spiro atoms. The summed E-state index contributed by atoms with van der Waals surface area (Å²) in [6.07, 6.45) is 5.94. The van der Waals surface area contributed by atoms with E-state index >= 15 is 0 Å². The van der Waals surface area contributed by atoms with Crippen molar-refractivity contribution in [1.82, 2.24) is 4.98 Å². The third-order valence-corrected chi connectivity index (χ3v) is 4.46. The Morgan fingerprint density at radius 2 is 2.38 bits per heavy atom. The van der Waals surface area contributed by atoms with Gasteiger partial charge in [-0.25, -0.2) is 4.98 Å². The highest BCUT2D eigenvalue weighted by atomic mass is 79.9. The number of aromatic nitrogens is 1. The van der Waals surface area contributed by atoms with E-state index in [0.717, 1.165) is 21.8 Å². The highest BCUT2D eigenvalue weighted by Crippen LogP contribution is 2.40. The van der Waals surface area contributed by atoms with Gasteiger partial charge in [-0.3, -0.25) is 0 Å². The van der Waals surface area contributed by atoms with Crippen molar-refractivity contribution in [3.05, 3.63) is 22.3 Å². The predicted octanol–water partition coefficient (Wildman–Crippen LogP) is 3.57. The van der Waals surface area contributed by atoms with Crippen molar-refractivity contribution in [3.8, 4) is 0 Å². The van der Waals surface area contributed by atoms with Crippen LogP contribution in [0, 0.1) is 5.92 Å². The monoisotopic (exact) mass is 300 g/mol. The summed E-state index contributed by atoms with van der Waals surface area (Å²) in [5.74, 6) is 2.53. The minimum Gasteiger partial charge on any atom is -0.353 e. The first-order valence-electron chi connectivity index (χ1n) is 5.75. The summed E-state index contributed by atoms with van der Waals surface area (Å²) in [5, 5.41) is 0. The van der Waals surface area contributed by atoms with Crippen LogP contribution in [0.25, 0.3) is 0 Å². The average Bonchev–Trinajstić information content (AvgIpc) is 2.90. The lowest BCUT2D eigenvalue weighted by molar-refractivity contribution is 0.549. The van der Waals surface area contributed by atoms with Gasteiger partial charge in [0.05, 0.1) is 5.88 Å². The van der Waals surface area contributed by atoms with E-state index in [9.17, 15) is 0 Å². The van der Waals surface area contributed by atoms with Crippen molar-refractivity contribution >= 4 is 33.3 Å². The van der Waals surface area contributed by atoms with Crippen LogP contribution in [0.1, 0.15) is 24.8 Å². The van der Waals surface area contributed by atoms with Gasteiger partial charge in [0.2, 0.25) is 0 Å². The van der Waals surface area contributed by atoms with Crippen LogP contribution in [-0.2, 0) is 5.88 Å². The minimum absolute atomic E-state index is 0.537. The van der Waals surface area contributed by atoms with E-state index in [1.54, 1.807) is 0 Å². The molecular formula is C12H14BrClN2. The van der Waals surface area contributed by atoms with Gasteiger partial charge < -0.3 is 4.90 Å². The summed E-state index contributed by atoms with van der Waals surface area (Å²) in [6, 6.07) is 2.79. The second kappa shape index (κ2) is 4.19. The van der Waals surface area contributed by atoms with Gasteiger partial charge in [0.1, 0.15) is 5.82 Å². The van der Waals surface area contributed by atoms with Gasteiger partial charge in [-0.15, -0.1) is 11.6 Å². The van der Waals surface area contributed by atoms with Crippen LogP contribution in [-0.4, -0.2) is 17.6 Å². The van der Waals surface area contributed by atoms with Crippen LogP contribution in [0.15, 0.2) is 16.7 Å². The van der Waals surface area contributed by atoms with Crippen LogP contribution < -0.4 is 4.90 Å². The number of pyridine rings is 1. The fraction of sp³-hybridized carbons (Fsp3) is 0.583. The largest absolute Gasteiger partial charge is 0.353 e. The Hall–Kier alpha value is -0.280. The van der Waals surface area contributed by atoms with Crippen LogP contribution >= 0.6 is 27.5 Å². The highest BCUT2D eigenvalue weighted by molar-refractivity contribution is 9.10. The van der Waals surface area contributed by atoms with Crippen LogP contribution in [0.3, 0.4) is 0 Å². The molecule has 2 aliphatic rings. The Balaban J connectivity index is 1.94. The number of hydrogen-bond acceptors (Lipinski definition) is 2. The fourth-order valence-corrected chi connectivity index (χ4v) is 3.59. The Kier molecular flexibility index (Phi) is 2.84. The second-order valence-corrected chi connectivity index (χ2v) is 5.94. The highest BCUT2D eigenvalue weighted by Gasteiger charge is 2.38. The third-order valence-electron chi connectivity index (χ3n) is 3.73. The zero-order valence-electron chi connectivity index (χ0n) is 9.00. The zero-order valence-corrected chi connectivity index (χ0v) is 11.3. The molecule has 0 amide bonds. The Labute approximate surface area is 109 Å². The number of hydrogen-bond donors (Lipinski definition) is 0. The molecule has 2 bridgehead atoms. The molecule has 1 aliphatic carbocycles. The van der Waals surface area contributed by atoms with Gasteiger partial charge in [-0.2, -0.15) is 0 Å². The van der Waals surface area contributed by atoms with E-state index < -0.39 is 0 Å². The summed E-state index contributed by atoms with van der Waals surface area (Å²) in [4.78, 5) is 7.00. The Bertz CT molecular complexity index is 410. The maximum absolute atomic E-state index is 6.00. The molecule has 1 aliphatic heterocycles. The third kappa shape index (κ3) is 1.74. The molecule has 0 aromatic carbocycles. The van der Waals surface area contributed by atoms with E-state index in [0.29, 0.717) is 11.9 Å². The maximum Gasteiger partial charge on any atom is 0.133 e. The number of anilines is 1. The summed E-state index contributed by atoms with van der Waals surface area (Å²) < 4.78 is 1.01. The number of nitrogens with zero attached hydrogens (tertiary/aromatic N) is 2. The van der Waals surface area contributed by atoms with Crippen molar-refractivity contribution < 1.29 is 0 Å². The van der Waals surface area contributed by atoms with E-state index in [1.165, 1.54) is 25.8 Å². The molecule has 1 saturated heterocycles. The zero-order chi connectivity index (χ0) is 11.1. The molecule has 3 rings (SSSR count). The summed E-state index contributed by atoms with van der Waals surface area (Å²) >= 11 is 9.44. The lowest BCUT2D eigenvalue weighted by Crippen LogP contribution is -2.33. The molecule has 1 saturated carbocycles. The number of piperidine rings is 1. The number of fused-ring (bicyclic) bond motifs is 2.